The van der Waals surface area contributed by atoms with Crippen LogP contribution >= 0.6 is 45.3 Å². The van der Waals surface area contributed by atoms with Gasteiger partial charge >= 0.3 is 0 Å². The molecular formula is C46H36N4O4S4. The normalized spacial score (nSPS) is 14.3. The summed E-state index contributed by atoms with van der Waals surface area (Å²) in [7, 11) is 0. The highest BCUT2D eigenvalue weighted by Crippen LogP contribution is 2.38. The van der Waals surface area contributed by atoms with E-state index >= 15 is 0 Å². The summed E-state index contributed by atoms with van der Waals surface area (Å²) in [6, 6.07) is 42.8. The number of amides is 4. The summed E-state index contributed by atoms with van der Waals surface area (Å²) in [5.41, 5.74) is 7.10. The number of carbonyl (C=O) groups is 4. The van der Waals surface area contributed by atoms with Gasteiger partial charge in [0.1, 0.15) is 0 Å². The van der Waals surface area contributed by atoms with Crippen LogP contribution in [0.1, 0.15) is 22.3 Å². The highest BCUT2D eigenvalue weighted by atomic mass is 32.1. The van der Waals surface area contributed by atoms with Crippen molar-refractivity contribution >= 4 is 101 Å². The van der Waals surface area contributed by atoms with E-state index in [9.17, 15) is 19.2 Å². The number of hydrazine groups is 2. The average Bonchev–Trinajstić information content (AvgIpc) is 4.08. The van der Waals surface area contributed by atoms with Crippen molar-refractivity contribution in [2.24, 2.45) is 0 Å². The molecule has 4 aliphatic heterocycles. The zero-order chi connectivity index (χ0) is 39.8. The van der Waals surface area contributed by atoms with Gasteiger partial charge in [0.15, 0.2) is 0 Å². The van der Waals surface area contributed by atoms with E-state index in [0.717, 1.165) is 45.0 Å². The summed E-state index contributed by atoms with van der Waals surface area (Å²) in [5, 5.41) is 18.5. The summed E-state index contributed by atoms with van der Waals surface area (Å²) < 4.78 is 2.82. The molecule has 0 saturated heterocycles. The third kappa shape index (κ3) is 8.27. The molecule has 4 aromatic carbocycles. The number of benzene rings is 4. The Morgan fingerprint density at radius 3 is 0.810 bits per heavy atom. The van der Waals surface area contributed by atoms with E-state index in [1.54, 1.807) is 45.3 Å². The SMILES string of the molecule is O=C1Cc2ccccc2N1N1C(=O)Cc2ccccc21.O=C1Cc2ccccc2N1N1C(=O)Cc2ccccc21.c1cc2sccc2s1.c1ccsc1.c1ccsc1. The molecule has 0 aliphatic carbocycles. The second-order valence-electron chi connectivity index (χ2n) is 13.2. The van der Waals surface area contributed by atoms with Gasteiger partial charge in [-0.1, -0.05) is 97.1 Å². The van der Waals surface area contributed by atoms with Crippen LogP contribution in [-0.4, -0.2) is 23.6 Å². The standard InChI is InChI=1S/2C16H12N2O2.C6H4S2.2C4H4S/c2*19-15-9-11-5-1-3-7-13(11)17(15)18-14-8-4-2-6-12(14)10-16(18)20;1-3-7-6-2-4-8-5(1)6;2*1-2-4-5-3-1/h2*1-8H,9-10H2;1-4H;2*1-4H. The van der Waals surface area contributed by atoms with Crippen molar-refractivity contribution in [2.75, 3.05) is 20.0 Å². The van der Waals surface area contributed by atoms with Gasteiger partial charge in [-0.25, -0.2) is 20.0 Å². The molecule has 8 heterocycles. The van der Waals surface area contributed by atoms with E-state index in [0.29, 0.717) is 25.7 Å². The van der Waals surface area contributed by atoms with Crippen molar-refractivity contribution in [2.45, 2.75) is 25.7 Å². The Morgan fingerprint density at radius 2 is 0.569 bits per heavy atom. The molecule has 4 amide bonds. The zero-order valence-electron chi connectivity index (χ0n) is 31.0. The predicted octanol–water partition coefficient (Wildman–Crippen LogP) is 10.6. The van der Waals surface area contributed by atoms with E-state index in [4.69, 9.17) is 0 Å². The molecule has 0 unspecified atom stereocenters. The maximum atomic E-state index is 12.3. The van der Waals surface area contributed by atoms with Gasteiger partial charge in [0.25, 0.3) is 23.6 Å². The van der Waals surface area contributed by atoms with Crippen LogP contribution in [0.15, 0.2) is 166 Å². The number of para-hydroxylation sites is 4. The van der Waals surface area contributed by atoms with Gasteiger partial charge in [-0.05, 0) is 90.9 Å². The van der Waals surface area contributed by atoms with Crippen LogP contribution in [0.4, 0.5) is 22.7 Å². The van der Waals surface area contributed by atoms with E-state index in [1.807, 2.05) is 143 Å². The minimum atomic E-state index is -0.0590. The van der Waals surface area contributed by atoms with E-state index in [2.05, 4.69) is 22.9 Å². The van der Waals surface area contributed by atoms with Crippen molar-refractivity contribution in [3.8, 4) is 0 Å². The predicted molar refractivity (Wildman–Crippen MR) is 239 cm³/mol. The van der Waals surface area contributed by atoms with Gasteiger partial charge in [-0.2, -0.15) is 22.7 Å². The molecule has 0 spiro atoms. The number of hydrogen-bond donors (Lipinski definition) is 0. The van der Waals surface area contributed by atoms with Gasteiger partial charge in [-0.3, -0.25) is 19.2 Å². The maximum absolute atomic E-state index is 12.3. The molecule has 8 nitrogen and oxygen atoms in total. The van der Waals surface area contributed by atoms with Gasteiger partial charge in [-0.15, -0.1) is 22.7 Å². The van der Waals surface area contributed by atoms with Crippen LogP contribution in [0.25, 0.3) is 9.40 Å². The largest absolute Gasteiger partial charge is 0.272 e. The molecule has 12 heteroatoms. The van der Waals surface area contributed by atoms with Crippen LogP contribution < -0.4 is 20.0 Å². The van der Waals surface area contributed by atoms with Gasteiger partial charge < -0.3 is 0 Å². The summed E-state index contributed by atoms with van der Waals surface area (Å²) in [4.78, 5) is 49.2. The molecule has 0 N–H and O–H groups in total. The molecule has 0 saturated carbocycles. The Labute approximate surface area is 352 Å². The second-order valence-corrected chi connectivity index (χ2v) is 16.7. The van der Waals surface area contributed by atoms with Crippen LogP contribution in [0.5, 0.6) is 0 Å². The molecule has 8 aromatic rings. The maximum Gasteiger partial charge on any atom is 0.250 e. The minimum absolute atomic E-state index is 0.0590. The lowest BCUT2D eigenvalue weighted by molar-refractivity contribution is -0.122. The van der Waals surface area contributed by atoms with Gasteiger partial charge in [0, 0.05) is 9.40 Å². The Bertz CT molecular complexity index is 2300. The number of fused-ring (bicyclic) bond motifs is 5. The molecule has 58 heavy (non-hydrogen) atoms. The fourth-order valence-electron chi connectivity index (χ4n) is 6.98. The lowest BCUT2D eigenvalue weighted by Crippen LogP contribution is -2.47. The lowest BCUT2D eigenvalue weighted by Gasteiger charge is -2.28. The molecule has 4 aromatic heterocycles. The summed E-state index contributed by atoms with van der Waals surface area (Å²) >= 11 is 7.03. The van der Waals surface area contributed by atoms with Crippen LogP contribution in [-0.2, 0) is 44.9 Å². The molecular weight excluding hydrogens is 801 g/mol. The summed E-state index contributed by atoms with van der Waals surface area (Å²) in [6.07, 6.45) is 1.40. The Morgan fingerprint density at radius 1 is 0.310 bits per heavy atom. The van der Waals surface area contributed by atoms with Gasteiger partial charge in [0.2, 0.25) is 0 Å². The molecule has 0 atom stereocenters. The smallest absolute Gasteiger partial charge is 0.250 e. The number of carbonyl (C=O) groups excluding carboxylic acids is 4. The number of nitrogens with zero attached hydrogens (tertiary/aromatic N) is 4. The van der Waals surface area contributed by atoms with Crippen molar-refractivity contribution in [3.63, 3.8) is 0 Å². The van der Waals surface area contributed by atoms with Crippen molar-refractivity contribution in [1.82, 2.24) is 0 Å². The lowest BCUT2D eigenvalue weighted by atomic mass is 10.2. The van der Waals surface area contributed by atoms with Gasteiger partial charge in [0.05, 0.1) is 48.4 Å². The van der Waals surface area contributed by atoms with Crippen molar-refractivity contribution < 1.29 is 19.2 Å². The second kappa shape index (κ2) is 18.0. The minimum Gasteiger partial charge on any atom is -0.272 e. The first-order valence-electron chi connectivity index (χ1n) is 18.5. The molecule has 12 rings (SSSR count). The Kier molecular flexibility index (Phi) is 12.0. The van der Waals surface area contributed by atoms with Crippen LogP contribution in [0.2, 0.25) is 0 Å². The number of rotatable bonds is 2. The topological polar surface area (TPSA) is 81.2 Å². The monoisotopic (exact) mass is 836 g/mol. The molecule has 4 aliphatic rings. The molecule has 288 valence electrons. The summed E-state index contributed by atoms with van der Waals surface area (Å²) in [5.74, 6) is -0.236. The Hall–Kier alpha value is -6.18. The third-order valence-corrected chi connectivity index (χ3v) is 12.7. The average molecular weight is 837 g/mol. The summed E-state index contributed by atoms with van der Waals surface area (Å²) in [6.45, 7) is 0. The fraction of sp³-hybridized carbons (Fsp3) is 0.0870. The fourth-order valence-corrected chi connectivity index (χ4v) is 9.72. The Balaban J connectivity index is 0.000000114. The highest BCUT2D eigenvalue weighted by molar-refractivity contribution is 7.25. The van der Waals surface area contributed by atoms with Crippen molar-refractivity contribution in [3.05, 3.63) is 188 Å². The van der Waals surface area contributed by atoms with E-state index in [-0.39, 0.29) is 23.6 Å². The molecule has 0 fully saturated rings. The third-order valence-electron chi connectivity index (χ3n) is 9.51. The molecule has 0 radical (unpaired) electrons. The van der Waals surface area contributed by atoms with E-state index in [1.165, 1.54) is 29.4 Å². The first-order chi connectivity index (χ1) is 28.5. The quantitative estimate of drug-likeness (QED) is 0.174. The highest BCUT2D eigenvalue weighted by Gasteiger charge is 2.40. The molecule has 0 bridgehead atoms. The van der Waals surface area contributed by atoms with Crippen LogP contribution in [0.3, 0.4) is 0 Å². The number of hydrogen-bond acceptors (Lipinski definition) is 8. The van der Waals surface area contributed by atoms with Crippen LogP contribution in [0, 0.1) is 0 Å². The first kappa shape index (κ1) is 38.7. The first-order valence-corrected chi connectivity index (χ1v) is 22.1. The number of anilines is 4. The zero-order valence-corrected chi connectivity index (χ0v) is 34.3. The van der Waals surface area contributed by atoms with Crippen molar-refractivity contribution in [1.29, 1.82) is 0 Å². The number of thiophene rings is 4. The van der Waals surface area contributed by atoms with E-state index < -0.39 is 0 Å².